The Labute approximate surface area is 236 Å². The highest BCUT2D eigenvalue weighted by atomic mass is 19.1. The fraction of sp³-hybridized carbons (Fsp3) is 0.433. The Morgan fingerprint density at radius 3 is 2.51 bits per heavy atom. The summed E-state index contributed by atoms with van der Waals surface area (Å²) in [6.07, 6.45) is 7.48. The van der Waals surface area contributed by atoms with E-state index in [9.17, 15) is 13.6 Å². The Morgan fingerprint density at radius 1 is 1.15 bits per heavy atom. The second-order valence-electron chi connectivity index (χ2n) is 12.1. The van der Waals surface area contributed by atoms with Crippen molar-refractivity contribution in [3.63, 3.8) is 0 Å². The fourth-order valence-electron chi connectivity index (χ4n) is 6.72. The monoisotopic (exact) mass is 561 g/mol. The van der Waals surface area contributed by atoms with Crippen LogP contribution in [0.25, 0.3) is 11.6 Å². The lowest BCUT2D eigenvalue weighted by atomic mass is 9.61. The number of nitrogens with zero attached hydrogens (tertiary/aromatic N) is 5. The number of halogens is 2. The van der Waals surface area contributed by atoms with Crippen LogP contribution in [0.3, 0.4) is 0 Å². The third-order valence-corrected chi connectivity index (χ3v) is 9.80. The summed E-state index contributed by atoms with van der Waals surface area (Å²) in [5, 5.41) is 4.55. The van der Waals surface area contributed by atoms with Crippen LogP contribution in [-0.2, 0) is 20.4 Å². The molecule has 0 aliphatic heterocycles. The average Bonchev–Trinajstić information content (AvgIpc) is 3.78. The predicted octanol–water partition coefficient (Wildman–Crippen LogP) is 4.22. The van der Waals surface area contributed by atoms with E-state index in [1.165, 1.54) is 29.2 Å². The molecule has 3 aromatic rings. The Bertz CT molecular complexity index is 1620. The molecule has 0 spiro atoms. The molecule has 2 fully saturated rings. The number of allylic oxidation sites excluding steroid dienone is 3. The molecule has 214 valence electrons. The van der Waals surface area contributed by atoms with Gasteiger partial charge in [0.05, 0.1) is 23.3 Å². The van der Waals surface area contributed by atoms with Crippen molar-refractivity contribution in [3.05, 3.63) is 82.9 Å². The van der Waals surface area contributed by atoms with Crippen molar-refractivity contribution in [2.24, 2.45) is 22.3 Å². The quantitative estimate of drug-likeness (QED) is 0.410. The van der Waals surface area contributed by atoms with Gasteiger partial charge in [0.15, 0.2) is 5.82 Å². The van der Waals surface area contributed by atoms with Crippen molar-refractivity contribution >= 4 is 11.7 Å². The molecule has 0 saturated heterocycles. The van der Waals surface area contributed by atoms with Gasteiger partial charge >= 0.3 is 5.97 Å². The first-order valence-corrected chi connectivity index (χ1v) is 13.7. The molecule has 0 bridgehead atoms. The van der Waals surface area contributed by atoms with E-state index in [4.69, 9.17) is 21.2 Å². The number of benzene rings is 1. The van der Waals surface area contributed by atoms with Gasteiger partial charge < -0.3 is 16.2 Å². The number of fused-ring (bicyclic) bond motifs is 1. The number of carbonyl (C=O) groups excluding carboxylic acids is 1. The second kappa shape index (κ2) is 8.92. The molecule has 2 heterocycles. The summed E-state index contributed by atoms with van der Waals surface area (Å²) < 4.78 is 35.7. The Balaban J connectivity index is 1.40. The van der Waals surface area contributed by atoms with Crippen LogP contribution in [0.4, 0.5) is 8.78 Å². The first-order valence-electron chi connectivity index (χ1n) is 13.7. The van der Waals surface area contributed by atoms with E-state index >= 15 is 0 Å². The minimum absolute atomic E-state index is 0.0251. The maximum Gasteiger partial charge on any atom is 0.319 e. The van der Waals surface area contributed by atoms with Crippen LogP contribution in [0.2, 0.25) is 0 Å². The van der Waals surface area contributed by atoms with Crippen molar-refractivity contribution in [1.29, 1.82) is 0 Å². The van der Waals surface area contributed by atoms with E-state index in [2.05, 4.69) is 28.9 Å². The van der Waals surface area contributed by atoms with Crippen LogP contribution in [0, 0.1) is 22.5 Å². The number of ether oxygens (including phenoxy) is 1. The molecule has 4 N–H and O–H groups in total. The molecule has 6 rings (SSSR count). The molecule has 1 aromatic carbocycles. The van der Waals surface area contributed by atoms with Gasteiger partial charge in [0.25, 0.3) is 5.95 Å². The molecule has 41 heavy (non-hydrogen) atoms. The Kier molecular flexibility index (Phi) is 5.89. The highest BCUT2D eigenvalue weighted by molar-refractivity contribution is 5.85. The third kappa shape index (κ3) is 3.81. The van der Waals surface area contributed by atoms with Crippen LogP contribution < -0.4 is 11.5 Å². The summed E-state index contributed by atoms with van der Waals surface area (Å²) in [4.78, 5) is 26.2. The number of carbonyl (C=O) groups is 1. The highest BCUT2D eigenvalue weighted by Crippen LogP contribution is 2.77. The van der Waals surface area contributed by atoms with E-state index in [0.717, 1.165) is 12.0 Å². The summed E-state index contributed by atoms with van der Waals surface area (Å²) in [7, 11) is 0. The van der Waals surface area contributed by atoms with Gasteiger partial charge in [0, 0.05) is 17.6 Å². The van der Waals surface area contributed by atoms with Crippen LogP contribution in [0.5, 0.6) is 0 Å². The molecule has 2 saturated carbocycles. The van der Waals surface area contributed by atoms with Gasteiger partial charge in [-0.05, 0) is 80.2 Å². The lowest BCUT2D eigenvalue weighted by Crippen LogP contribution is -2.45. The number of hydrogen-bond donors (Lipinski definition) is 2. The summed E-state index contributed by atoms with van der Waals surface area (Å²) >= 11 is 0. The van der Waals surface area contributed by atoms with E-state index < -0.39 is 22.5 Å². The predicted molar refractivity (Wildman–Crippen MR) is 147 cm³/mol. The maximum absolute atomic E-state index is 14.5. The zero-order valence-electron chi connectivity index (χ0n) is 23.5. The number of aromatic nitrogens is 5. The first kappa shape index (κ1) is 27.0. The van der Waals surface area contributed by atoms with Gasteiger partial charge in [-0.2, -0.15) is 4.68 Å². The molecular weight excluding hydrogens is 528 g/mol. The van der Waals surface area contributed by atoms with E-state index in [1.54, 1.807) is 19.2 Å². The second-order valence-corrected chi connectivity index (χ2v) is 12.1. The van der Waals surface area contributed by atoms with Crippen LogP contribution >= 0.6 is 0 Å². The van der Waals surface area contributed by atoms with E-state index in [-0.39, 0.29) is 40.6 Å². The molecule has 3 atom stereocenters. The summed E-state index contributed by atoms with van der Waals surface area (Å²) in [6, 6.07) is 5.48. The first-order chi connectivity index (χ1) is 19.4. The molecular formula is C30H33F2N7O2. The molecule has 3 unspecified atom stereocenters. The van der Waals surface area contributed by atoms with Gasteiger partial charge in [-0.1, -0.05) is 19.9 Å². The minimum atomic E-state index is -0.816. The van der Waals surface area contributed by atoms with Crippen LogP contribution in [0.15, 0.2) is 54.1 Å². The van der Waals surface area contributed by atoms with E-state index in [0.29, 0.717) is 36.5 Å². The van der Waals surface area contributed by atoms with Crippen molar-refractivity contribution in [2.75, 3.05) is 6.61 Å². The van der Waals surface area contributed by atoms with Gasteiger partial charge in [-0.25, -0.2) is 23.7 Å². The van der Waals surface area contributed by atoms with Gasteiger partial charge in [-0.3, -0.25) is 4.79 Å². The highest BCUT2D eigenvalue weighted by Gasteiger charge is 2.72. The zero-order valence-corrected chi connectivity index (χ0v) is 23.5. The standard InChI is InChI=1S/C30H33F2N7O2/c1-5-41-25(40)30(10-11-30)24-36-16-39(38-24)26-35-12-9-21(37-26)29(4)23(34)17(14-27(2)15-28(27,29)3)13-20(33)22-18(31)7-6-8-19(22)32/h6-9,12-13,16H,5,10-11,14-15,33-34H2,1-4H3/b20-13-. The third-order valence-electron chi connectivity index (χ3n) is 9.80. The molecule has 3 aliphatic carbocycles. The fourth-order valence-corrected chi connectivity index (χ4v) is 6.72. The van der Waals surface area contributed by atoms with Crippen molar-refractivity contribution < 1.29 is 18.3 Å². The lowest BCUT2D eigenvalue weighted by Gasteiger charge is -2.44. The largest absolute Gasteiger partial charge is 0.465 e. The van der Waals surface area contributed by atoms with Crippen molar-refractivity contribution in [2.45, 2.75) is 64.2 Å². The molecule has 11 heteroatoms. The van der Waals surface area contributed by atoms with Gasteiger partial charge in [0.2, 0.25) is 0 Å². The lowest BCUT2D eigenvalue weighted by molar-refractivity contribution is -0.146. The molecule has 3 aliphatic rings. The molecule has 0 radical (unpaired) electrons. The summed E-state index contributed by atoms with van der Waals surface area (Å²) in [5.74, 6) is -1.11. The smallest absolute Gasteiger partial charge is 0.319 e. The number of esters is 1. The Hall–Kier alpha value is -4.15. The zero-order chi connectivity index (χ0) is 29.4. The Morgan fingerprint density at radius 2 is 1.85 bits per heavy atom. The summed E-state index contributed by atoms with van der Waals surface area (Å²) in [5.41, 5.74) is 12.9. The topological polar surface area (TPSA) is 135 Å². The van der Waals surface area contributed by atoms with Gasteiger partial charge in [-0.15, -0.1) is 5.10 Å². The number of hydrogen-bond acceptors (Lipinski definition) is 8. The normalized spacial score (nSPS) is 28.3. The minimum Gasteiger partial charge on any atom is -0.465 e. The van der Waals surface area contributed by atoms with Crippen molar-refractivity contribution in [3.8, 4) is 5.95 Å². The summed E-state index contributed by atoms with van der Waals surface area (Å²) in [6.45, 7) is 8.47. The number of nitrogens with two attached hydrogens (primary N) is 2. The molecule has 0 amide bonds. The molecule has 9 nitrogen and oxygen atoms in total. The van der Waals surface area contributed by atoms with Crippen LogP contribution in [-0.4, -0.2) is 37.3 Å². The molecule has 2 aromatic heterocycles. The van der Waals surface area contributed by atoms with E-state index in [1.807, 2.05) is 13.0 Å². The average molecular weight is 562 g/mol. The van der Waals surface area contributed by atoms with Crippen LogP contribution in [0.1, 0.15) is 70.5 Å². The SMILES string of the molecule is CCOC(=O)C1(c2ncn(-c3nccc(C4(C)C(N)=C(/C=C(\N)c5c(F)cccc5F)CC5(C)CC54C)n3)n2)CC1. The van der Waals surface area contributed by atoms with Gasteiger partial charge in [0.1, 0.15) is 23.4 Å². The van der Waals surface area contributed by atoms with Crippen molar-refractivity contribution in [1.82, 2.24) is 24.7 Å². The maximum atomic E-state index is 14.5. The number of rotatable bonds is 7.